The van der Waals surface area contributed by atoms with Gasteiger partial charge in [-0.3, -0.25) is 4.79 Å². The highest BCUT2D eigenvalue weighted by atomic mass is 16.5. The number of benzene rings is 2. The number of hydrogen-bond donors (Lipinski definition) is 0. The number of likely N-dealkylation sites (tertiary alicyclic amines) is 1. The number of carbonyl (C=O) groups is 1. The number of nitrogens with zero attached hydrogens (tertiary/aromatic N) is 1. The Balaban J connectivity index is 1.60. The van der Waals surface area contributed by atoms with Gasteiger partial charge in [-0.05, 0) is 43.5 Å². The molecule has 0 N–H and O–H groups in total. The fourth-order valence-corrected chi connectivity index (χ4v) is 3.70. The van der Waals surface area contributed by atoms with Crippen LogP contribution in [0.2, 0.25) is 0 Å². The molecule has 1 fully saturated rings. The molecule has 2 aliphatic rings. The predicted octanol–water partition coefficient (Wildman–Crippen LogP) is 4.13. The minimum atomic E-state index is 0.0691. The van der Waals surface area contributed by atoms with E-state index in [1.54, 1.807) is 0 Å². The van der Waals surface area contributed by atoms with Crippen molar-refractivity contribution >= 4 is 5.91 Å². The van der Waals surface area contributed by atoms with Crippen molar-refractivity contribution in [3.05, 3.63) is 59.2 Å². The topological polar surface area (TPSA) is 38.8 Å². The molecule has 1 unspecified atom stereocenters. The third kappa shape index (κ3) is 3.21. The van der Waals surface area contributed by atoms with Gasteiger partial charge in [0.25, 0.3) is 5.91 Å². The molecule has 0 saturated carbocycles. The zero-order valence-corrected chi connectivity index (χ0v) is 14.5. The van der Waals surface area contributed by atoms with Crippen molar-refractivity contribution < 1.29 is 14.3 Å². The first-order chi connectivity index (χ1) is 12.2. The van der Waals surface area contributed by atoms with E-state index in [0.717, 1.165) is 31.6 Å². The molecule has 25 heavy (non-hydrogen) atoms. The Bertz CT molecular complexity index is 786. The summed E-state index contributed by atoms with van der Waals surface area (Å²) in [5, 5.41) is 0. The summed E-state index contributed by atoms with van der Waals surface area (Å²) in [6, 6.07) is 14.2. The molecule has 2 heterocycles. The summed E-state index contributed by atoms with van der Waals surface area (Å²) in [7, 11) is 0. The van der Waals surface area contributed by atoms with E-state index in [4.69, 9.17) is 9.47 Å². The Morgan fingerprint density at radius 3 is 2.72 bits per heavy atom. The molecule has 0 radical (unpaired) electrons. The van der Waals surface area contributed by atoms with Crippen molar-refractivity contribution in [1.29, 1.82) is 0 Å². The Morgan fingerprint density at radius 2 is 1.88 bits per heavy atom. The van der Waals surface area contributed by atoms with Crippen LogP contribution in [-0.4, -0.2) is 30.6 Å². The van der Waals surface area contributed by atoms with Crippen LogP contribution in [0.5, 0.6) is 11.5 Å². The molecular weight excluding hydrogens is 314 g/mol. The third-order valence-electron chi connectivity index (χ3n) is 4.94. The molecule has 130 valence electrons. The maximum Gasteiger partial charge on any atom is 0.254 e. The zero-order chi connectivity index (χ0) is 17.2. The predicted molar refractivity (Wildman–Crippen MR) is 96.2 cm³/mol. The molecule has 0 spiro atoms. The van der Waals surface area contributed by atoms with Gasteiger partial charge >= 0.3 is 0 Å². The number of rotatable bonds is 2. The summed E-state index contributed by atoms with van der Waals surface area (Å²) < 4.78 is 11.4. The maximum absolute atomic E-state index is 13.1. The molecule has 1 atom stereocenters. The van der Waals surface area contributed by atoms with Gasteiger partial charge in [0.05, 0.1) is 19.3 Å². The molecule has 0 aliphatic carbocycles. The fraction of sp³-hybridized carbons (Fsp3) is 0.381. The second kappa shape index (κ2) is 6.79. The van der Waals surface area contributed by atoms with Crippen molar-refractivity contribution in [2.24, 2.45) is 0 Å². The Hall–Kier alpha value is -2.49. The number of ether oxygens (including phenoxy) is 2. The number of fused-ring (bicyclic) bond motifs is 1. The summed E-state index contributed by atoms with van der Waals surface area (Å²) >= 11 is 0. The first kappa shape index (κ1) is 16.0. The van der Waals surface area contributed by atoms with E-state index in [1.807, 2.05) is 23.1 Å². The van der Waals surface area contributed by atoms with Crippen LogP contribution in [0.4, 0.5) is 0 Å². The highest BCUT2D eigenvalue weighted by Crippen LogP contribution is 2.35. The van der Waals surface area contributed by atoms with Crippen LogP contribution in [0.3, 0.4) is 0 Å². The summed E-state index contributed by atoms with van der Waals surface area (Å²) in [6.07, 6.45) is 2.91. The van der Waals surface area contributed by atoms with Gasteiger partial charge in [0, 0.05) is 18.5 Å². The van der Waals surface area contributed by atoms with Gasteiger partial charge in [-0.2, -0.15) is 0 Å². The summed E-state index contributed by atoms with van der Waals surface area (Å²) in [5.74, 6) is 1.47. The van der Waals surface area contributed by atoms with Gasteiger partial charge in [0.1, 0.15) is 0 Å². The standard InChI is InChI=1S/C21H23NO3/c1-15-5-2-6-16(13-15)18-7-3-10-22(18)21(23)17-8-9-19-20(14-17)25-12-4-11-24-19/h2,5-6,8-9,13-14,18H,3-4,7,10-12H2,1H3. The lowest BCUT2D eigenvalue weighted by atomic mass is 10.0. The van der Waals surface area contributed by atoms with E-state index in [9.17, 15) is 4.79 Å². The average Bonchev–Trinajstić information content (AvgIpc) is 2.99. The average molecular weight is 337 g/mol. The van der Waals surface area contributed by atoms with Crippen LogP contribution in [0.15, 0.2) is 42.5 Å². The fourth-order valence-electron chi connectivity index (χ4n) is 3.70. The van der Waals surface area contributed by atoms with Gasteiger partial charge in [0.2, 0.25) is 0 Å². The quantitative estimate of drug-likeness (QED) is 0.827. The lowest BCUT2D eigenvalue weighted by Gasteiger charge is -2.25. The van der Waals surface area contributed by atoms with E-state index in [-0.39, 0.29) is 11.9 Å². The van der Waals surface area contributed by atoms with Crippen molar-refractivity contribution in [3.63, 3.8) is 0 Å². The normalized spacial score (nSPS) is 19.6. The molecule has 0 aromatic heterocycles. The molecule has 1 amide bonds. The SMILES string of the molecule is Cc1cccc(C2CCCN2C(=O)c2ccc3c(c2)OCCCO3)c1. The zero-order valence-electron chi connectivity index (χ0n) is 14.5. The Morgan fingerprint density at radius 1 is 1.04 bits per heavy atom. The van der Waals surface area contributed by atoms with E-state index in [0.29, 0.717) is 24.5 Å². The summed E-state index contributed by atoms with van der Waals surface area (Å²) in [4.78, 5) is 15.1. The molecule has 2 aromatic carbocycles. The molecule has 2 aliphatic heterocycles. The second-order valence-electron chi connectivity index (χ2n) is 6.78. The van der Waals surface area contributed by atoms with E-state index < -0.39 is 0 Å². The molecular formula is C21H23NO3. The van der Waals surface area contributed by atoms with E-state index >= 15 is 0 Å². The van der Waals surface area contributed by atoms with E-state index in [2.05, 4.69) is 31.2 Å². The largest absolute Gasteiger partial charge is 0.490 e. The van der Waals surface area contributed by atoms with Crippen LogP contribution in [-0.2, 0) is 0 Å². The van der Waals surface area contributed by atoms with Gasteiger partial charge in [-0.1, -0.05) is 29.8 Å². The number of aryl methyl sites for hydroxylation is 1. The highest BCUT2D eigenvalue weighted by molar-refractivity contribution is 5.95. The lowest BCUT2D eigenvalue weighted by molar-refractivity contribution is 0.0735. The van der Waals surface area contributed by atoms with Gasteiger partial charge in [-0.15, -0.1) is 0 Å². The number of hydrogen-bond acceptors (Lipinski definition) is 3. The molecule has 4 nitrogen and oxygen atoms in total. The smallest absolute Gasteiger partial charge is 0.254 e. The van der Waals surface area contributed by atoms with Crippen LogP contribution < -0.4 is 9.47 Å². The van der Waals surface area contributed by atoms with Crippen LogP contribution in [0.1, 0.15) is 46.8 Å². The molecule has 2 aromatic rings. The van der Waals surface area contributed by atoms with Crippen molar-refractivity contribution in [3.8, 4) is 11.5 Å². The van der Waals surface area contributed by atoms with Gasteiger partial charge in [-0.25, -0.2) is 0 Å². The highest BCUT2D eigenvalue weighted by Gasteiger charge is 2.31. The van der Waals surface area contributed by atoms with Crippen molar-refractivity contribution in [2.75, 3.05) is 19.8 Å². The molecule has 0 bridgehead atoms. The lowest BCUT2D eigenvalue weighted by Crippen LogP contribution is -2.30. The van der Waals surface area contributed by atoms with Crippen LogP contribution in [0, 0.1) is 6.92 Å². The third-order valence-corrected chi connectivity index (χ3v) is 4.94. The first-order valence-corrected chi connectivity index (χ1v) is 8.99. The summed E-state index contributed by atoms with van der Waals surface area (Å²) in [5.41, 5.74) is 3.12. The second-order valence-corrected chi connectivity index (χ2v) is 6.78. The van der Waals surface area contributed by atoms with Gasteiger partial charge in [0.15, 0.2) is 11.5 Å². The minimum absolute atomic E-state index is 0.0691. The molecule has 1 saturated heterocycles. The maximum atomic E-state index is 13.1. The van der Waals surface area contributed by atoms with Crippen molar-refractivity contribution in [2.45, 2.75) is 32.2 Å². The van der Waals surface area contributed by atoms with Gasteiger partial charge < -0.3 is 14.4 Å². The summed E-state index contributed by atoms with van der Waals surface area (Å²) in [6.45, 7) is 4.17. The minimum Gasteiger partial charge on any atom is -0.490 e. The molecule has 4 rings (SSSR count). The first-order valence-electron chi connectivity index (χ1n) is 8.99. The van der Waals surface area contributed by atoms with E-state index in [1.165, 1.54) is 11.1 Å². The molecule has 4 heteroatoms. The number of amides is 1. The monoisotopic (exact) mass is 337 g/mol. The van der Waals surface area contributed by atoms with Crippen molar-refractivity contribution in [1.82, 2.24) is 4.90 Å². The Kier molecular flexibility index (Phi) is 4.35. The number of carbonyl (C=O) groups excluding carboxylic acids is 1. The van der Waals surface area contributed by atoms with Crippen LogP contribution in [0.25, 0.3) is 0 Å². The van der Waals surface area contributed by atoms with Crippen LogP contribution >= 0.6 is 0 Å². The Labute approximate surface area is 148 Å².